The summed E-state index contributed by atoms with van der Waals surface area (Å²) in [5.41, 5.74) is 8.09. The maximum atomic E-state index is 12.0. The molecule has 0 saturated carbocycles. The lowest BCUT2D eigenvalue weighted by Crippen LogP contribution is -2.24. The Bertz CT molecular complexity index is 709. The molecule has 3 N–H and O–H groups in total. The monoisotopic (exact) mass is 313 g/mol. The lowest BCUT2D eigenvalue weighted by atomic mass is 10.2. The van der Waals surface area contributed by atoms with Gasteiger partial charge in [-0.2, -0.15) is 5.10 Å². The van der Waals surface area contributed by atoms with Gasteiger partial charge in [0.15, 0.2) is 0 Å². The molecule has 0 aliphatic heterocycles. The van der Waals surface area contributed by atoms with Crippen molar-refractivity contribution in [2.24, 2.45) is 10.8 Å². The molecule has 0 bridgehead atoms. The van der Waals surface area contributed by atoms with Crippen molar-refractivity contribution in [1.29, 1.82) is 0 Å². The lowest BCUT2D eigenvalue weighted by Gasteiger charge is -2.05. The number of amides is 2. The molecule has 0 fully saturated rings. The van der Waals surface area contributed by atoms with Crippen LogP contribution in [0.25, 0.3) is 0 Å². The summed E-state index contributed by atoms with van der Waals surface area (Å²) in [5, 5.41) is 3.63. The minimum Gasteiger partial charge on any atom is -0.497 e. The number of rotatable bonds is 5. The van der Waals surface area contributed by atoms with Crippen LogP contribution in [0.15, 0.2) is 53.6 Å². The molecule has 0 spiro atoms. The number of primary amides is 1. The number of hydrogen-bond donors (Lipinski definition) is 2. The molecule has 0 aromatic heterocycles. The number of hydrogen-bond acceptors (Lipinski definition) is 5. The van der Waals surface area contributed by atoms with Gasteiger partial charge in [0.1, 0.15) is 11.5 Å². The van der Waals surface area contributed by atoms with Gasteiger partial charge in [0, 0.05) is 0 Å². The van der Waals surface area contributed by atoms with Gasteiger partial charge in [-0.15, -0.1) is 0 Å². The first kappa shape index (κ1) is 16.0. The highest BCUT2D eigenvalue weighted by atomic mass is 16.5. The topological polar surface area (TPSA) is 103 Å². The molecule has 0 aliphatic carbocycles. The summed E-state index contributed by atoms with van der Waals surface area (Å²) in [7, 11) is 1.55. The Morgan fingerprint density at radius 3 is 2.22 bits per heavy atom. The molecule has 0 saturated heterocycles. The van der Waals surface area contributed by atoms with Gasteiger partial charge in [-0.1, -0.05) is 0 Å². The van der Waals surface area contributed by atoms with Crippen LogP contribution in [0.4, 0.5) is 4.79 Å². The van der Waals surface area contributed by atoms with Gasteiger partial charge >= 0.3 is 12.0 Å². The summed E-state index contributed by atoms with van der Waals surface area (Å²) in [6.07, 6.45) is 1.42. The van der Waals surface area contributed by atoms with Crippen LogP contribution in [0, 0.1) is 0 Å². The number of nitrogens with zero attached hydrogens (tertiary/aromatic N) is 1. The van der Waals surface area contributed by atoms with E-state index >= 15 is 0 Å². The van der Waals surface area contributed by atoms with E-state index in [0.717, 1.165) is 0 Å². The second-order valence-electron chi connectivity index (χ2n) is 4.42. The molecule has 7 nitrogen and oxygen atoms in total. The number of carbonyl (C=O) groups is 2. The van der Waals surface area contributed by atoms with E-state index in [9.17, 15) is 9.59 Å². The third-order valence-electron chi connectivity index (χ3n) is 2.80. The van der Waals surface area contributed by atoms with Gasteiger partial charge < -0.3 is 15.2 Å². The Labute approximate surface area is 132 Å². The summed E-state index contributed by atoms with van der Waals surface area (Å²) < 4.78 is 10.3. The molecule has 2 aromatic rings. The molecule has 0 aliphatic rings. The minimum atomic E-state index is -0.744. The molecular formula is C16H15N3O4. The van der Waals surface area contributed by atoms with E-state index in [2.05, 4.69) is 10.5 Å². The Hall–Kier alpha value is -3.35. The zero-order valence-electron chi connectivity index (χ0n) is 12.4. The average Bonchev–Trinajstić information content (AvgIpc) is 2.56. The highest BCUT2D eigenvalue weighted by Gasteiger charge is 2.08. The summed E-state index contributed by atoms with van der Waals surface area (Å²) in [5.74, 6) is 0.588. The fourth-order valence-electron chi connectivity index (χ4n) is 1.69. The Morgan fingerprint density at radius 2 is 1.65 bits per heavy atom. The van der Waals surface area contributed by atoms with Crippen LogP contribution in [0.2, 0.25) is 0 Å². The predicted octanol–water partition coefficient (Wildman–Crippen LogP) is 1.92. The van der Waals surface area contributed by atoms with E-state index in [0.29, 0.717) is 22.6 Å². The maximum Gasteiger partial charge on any atom is 0.343 e. The van der Waals surface area contributed by atoms with Crippen molar-refractivity contribution in [2.45, 2.75) is 0 Å². The first-order valence-corrected chi connectivity index (χ1v) is 6.63. The third-order valence-corrected chi connectivity index (χ3v) is 2.80. The Balaban J connectivity index is 1.98. The van der Waals surface area contributed by atoms with E-state index in [4.69, 9.17) is 15.2 Å². The van der Waals surface area contributed by atoms with Crippen LogP contribution >= 0.6 is 0 Å². The number of nitrogens with one attached hydrogen (secondary N) is 1. The average molecular weight is 313 g/mol. The van der Waals surface area contributed by atoms with E-state index in [1.165, 1.54) is 6.21 Å². The smallest absolute Gasteiger partial charge is 0.343 e. The standard InChI is InChI=1S/C16H15N3O4/c1-22-13-8-4-12(5-9-13)15(20)23-14-6-2-11(3-7-14)10-18-19-16(17)21/h2-10H,1H3,(H3,17,19,21)/b18-10+. The van der Waals surface area contributed by atoms with Crippen molar-refractivity contribution in [1.82, 2.24) is 5.43 Å². The fraction of sp³-hybridized carbons (Fsp3) is 0.0625. The van der Waals surface area contributed by atoms with Crippen LogP contribution in [-0.2, 0) is 0 Å². The van der Waals surface area contributed by atoms with Crippen molar-refractivity contribution >= 4 is 18.2 Å². The minimum absolute atomic E-state index is 0.394. The second kappa shape index (κ2) is 7.60. The van der Waals surface area contributed by atoms with Crippen LogP contribution in [0.5, 0.6) is 11.5 Å². The highest BCUT2D eigenvalue weighted by molar-refractivity contribution is 5.91. The zero-order valence-corrected chi connectivity index (χ0v) is 12.4. The molecule has 2 aromatic carbocycles. The van der Waals surface area contributed by atoms with Gasteiger partial charge in [0.05, 0.1) is 18.9 Å². The number of benzene rings is 2. The summed E-state index contributed by atoms with van der Waals surface area (Å²) in [6, 6.07) is 12.5. The number of ether oxygens (including phenoxy) is 2. The van der Waals surface area contributed by atoms with Gasteiger partial charge in [-0.25, -0.2) is 15.0 Å². The molecule has 118 valence electrons. The first-order valence-electron chi connectivity index (χ1n) is 6.63. The van der Waals surface area contributed by atoms with Crippen LogP contribution in [-0.4, -0.2) is 25.3 Å². The SMILES string of the molecule is COc1ccc(C(=O)Oc2ccc(/C=N/NC(N)=O)cc2)cc1. The maximum absolute atomic E-state index is 12.0. The molecule has 0 atom stereocenters. The van der Waals surface area contributed by atoms with Gasteiger partial charge in [-0.05, 0) is 54.1 Å². The molecule has 0 radical (unpaired) electrons. The van der Waals surface area contributed by atoms with E-state index < -0.39 is 12.0 Å². The third kappa shape index (κ3) is 4.85. The number of carbonyl (C=O) groups excluding carboxylic acids is 2. The van der Waals surface area contributed by atoms with Gasteiger partial charge in [0.25, 0.3) is 0 Å². The fourth-order valence-corrected chi connectivity index (χ4v) is 1.69. The van der Waals surface area contributed by atoms with Crippen LogP contribution < -0.4 is 20.6 Å². The molecule has 2 amide bonds. The van der Waals surface area contributed by atoms with Crippen LogP contribution in [0.3, 0.4) is 0 Å². The number of hydrazone groups is 1. The molecule has 23 heavy (non-hydrogen) atoms. The molecule has 2 rings (SSSR count). The van der Waals surface area contributed by atoms with Crippen molar-refractivity contribution < 1.29 is 19.1 Å². The molecule has 7 heteroatoms. The summed E-state index contributed by atoms with van der Waals surface area (Å²) >= 11 is 0. The normalized spacial score (nSPS) is 10.3. The van der Waals surface area contributed by atoms with Crippen molar-refractivity contribution in [3.05, 3.63) is 59.7 Å². The number of nitrogens with two attached hydrogens (primary N) is 1. The predicted molar refractivity (Wildman–Crippen MR) is 84.7 cm³/mol. The number of esters is 1. The lowest BCUT2D eigenvalue weighted by molar-refractivity contribution is 0.0734. The Kier molecular flexibility index (Phi) is 5.30. The molecular weight excluding hydrogens is 298 g/mol. The van der Waals surface area contributed by atoms with E-state index in [1.54, 1.807) is 55.6 Å². The Morgan fingerprint density at radius 1 is 1.04 bits per heavy atom. The summed E-state index contributed by atoms with van der Waals surface area (Å²) in [4.78, 5) is 22.5. The van der Waals surface area contributed by atoms with Crippen molar-refractivity contribution in [2.75, 3.05) is 7.11 Å². The van der Waals surface area contributed by atoms with Gasteiger partial charge in [-0.3, -0.25) is 0 Å². The second-order valence-corrected chi connectivity index (χ2v) is 4.42. The van der Waals surface area contributed by atoms with E-state index in [1.807, 2.05) is 0 Å². The zero-order chi connectivity index (χ0) is 16.7. The van der Waals surface area contributed by atoms with E-state index in [-0.39, 0.29) is 0 Å². The van der Waals surface area contributed by atoms with Gasteiger partial charge in [0.2, 0.25) is 0 Å². The number of urea groups is 1. The van der Waals surface area contributed by atoms with Crippen molar-refractivity contribution in [3.8, 4) is 11.5 Å². The van der Waals surface area contributed by atoms with Crippen LogP contribution in [0.1, 0.15) is 15.9 Å². The summed E-state index contributed by atoms with van der Waals surface area (Å²) in [6.45, 7) is 0. The highest BCUT2D eigenvalue weighted by Crippen LogP contribution is 2.16. The quantitative estimate of drug-likeness (QED) is 0.381. The van der Waals surface area contributed by atoms with Crippen molar-refractivity contribution in [3.63, 3.8) is 0 Å². The molecule has 0 unspecified atom stereocenters. The largest absolute Gasteiger partial charge is 0.497 e. The number of methoxy groups -OCH3 is 1. The first-order chi connectivity index (χ1) is 11.1. The molecule has 0 heterocycles.